The van der Waals surface area contributed by atoms with Crippen molar-refractivity contribution in [2.45, 2.75) is 19.1 Å². The van der Waals surface area contributed by atoms with E-state index in [-0.39, 0.29) is 10.5 Å². The molecule has 1 heterocycles. The van der Waals surface area contributed by atoms with Crippen LogP contribution in [0.3, 0.4) is 0 Å². The molecule has 0 amide bonds. The quantitative estimate of drug-likeness (QED) is 0.517. The van der Waals surface area contributed by atoms with Crippen LogP contribution in [-0.2, 0) is 10.5 Å². The van der Waals surface area contributed by atoms with Crippen LogP contribution in [0, 0.1) is 0 Å². The van der Waals surface area contributed by atoms with Crippen LogP contribution in [0.2, 0.25) is 0 Å². The first-order chi connectivity index (χ1) is 3.80. The van der Waals surface area contributed by atoms with Gasteiger partial charge in [-0.05, 0) is 0 Å². The highest BCUT2D eigenvalue weighted by molar-refractivity contribution is 7.78. The van der Waals surface area contributed by atoms with Gasteiger partial charge in [-0.3, -0.25) is 8.73 Å². The molecule has 0 aromatic heterocycles. The molecule has 3 heteroatoms. The number of hydrogen-bond donors (Lipinski definition) is 1. The predicted octanol–water partition coefficient (Wildman–Crippen LogP) is 1.13. The Morgan fingerprint density at radius 3 is 2.00 bits per heavy atom. The maximum absolute atomic E-state index is 4.33. The molecule has 0 radical (unpaired) electrons. The van der Waals surface area contributed by atoms with E-state index in [4.69, 9.17) is 0 Å². The smallest absolute Gasteiger partial charge is 0.0668 e. The molecule has 8 heavy (non-hydrogen) atoms. The zero-order valence-electron chi connectivity index (χ0n) is 5.33. The molecule has 0 aliphatic carbocycles. The van der Waals surface area contributed by atoms with E-state index in [1.165, 1.54) is 0 Å². The van der Waals surface area contributed by atoms with E-state index in [0.717, 1.165) is 13.1 Å². The highest BCUT2D eigenvalue weighted by Crippen LogP contribution is 1.98. The number of nitrogens with zero attached hydrogens (tertiary/aromatic N) is 2. The summed E-state index contributed by atoms with van der Waals surface area (Å²) in [5.41, 5.74) is 0. The van der Waals surface area contributed by atoms with Gasteiger partial charge in [0.15, 0.2) is 0 Å². The first kappa shape index (κ1) is 6.08. The van der Waals surface area contributed by atoms with Crippen molar-refractivity contribution in [1.82, 2.24) is 0 Å². The van der Waals surface area contributed by atoms with Crippen LogP contribution in [0.15, 0.2) is 8.73 Å². The van der Waals surface area contributed by atoms with Crippen LogP contribution in [0.25, 0.3) is 0 Å². The summed E-state index contributed by atoms with van der Waals surface area (Å²) in [7, 11) is -0.254. The average Bonchev–Trinajstić information content (AvgIpc) is 2.12. The molecule has 0 N–H and O–H groups in total. The lowest BCUT2D eigenvalue weighted by Crippen LogP contribution is -1.92. The van der Waals surface area contributed by atoms with Crippen molar-refractivity contribution in [1.29, 1.82) is 0 Å². The lowest BCUT2D eigenvalue weighted by atomic mass is 10.6. The lowest BCUT2D eigenvalue weighted by molar-refractivity contribution is 1.04. The van der Waals surface area contributed by atoms with Crippen LogP contribution in [-0.4, -0.2) is 18.3 Å². The minimum Gasteiger partial charge on any atom is -0.255 e. The summed E-state index contributed by atoms with van der Waals surface area (Å²) in [6.07, 6.45) is 0. The average molecular weight is 132 g/mol. The Kier molecular flexibility index (Phi) is 1.89. The van der Waals surface area contributed by atoms with Crippen LogP contribution in [0.4, 0.5) is 0 Å². The van der Waals surface area contributed by atoms with Gasteiger partial charge in [-0.15, -0.1) is 0 Å². The second kappa shape index (κ2) is 2.49. The van der Waals surface area contributed by atoms with Crippen molar-refractivity contribution in [2.75, 3.05) is 13.1 Å². The summed E-state index contributed by atoms with van der Waals surface area (Å²) in [5.74, 6) is 0. The summed E-state index contributed by atoms with van der Waals surface area (Å²) in [5, 5.41) is 0.674. The van der Waals surface area contributed by atoms with Crippen molar-refractivity contribution >= 4 is 10.5 Å². The van der Waals surface area contributed by atoms with Gasteiger partial charge in [0.2, 0.25) is 0 Å². The Balaban J connectivity index is 2.68. The Labute approximate surface area is 52.2 Å². The predicted molar refractivity (Wildman–Crippen MR) is 38.5 cm³/mol. The molecule has 0 aromatic rings. The van der Waals surface area contributed by atoms with E-state index in [9.17, 15) is 0 Å². The molecule has 0 unspecified atom stereocenters. The van der Waals surface area contributed by atoms with E-state index < -0.39 is 0 Å². The molecule has 0 fully saturated rings. The summed E-state index contributed by atoms with van der Waals surface area (Å²) in [6.45, 7) is 6.32. The van der Waals surface area contributed by atoms with Gasteiger partial charge in [-0.2, -0.15) is 0 Å². The van der Waals surface area contributed by atoms with E-state index in [2.05, 4.69) is 22.6 Å². The van der Waals surface area contributed by atoms with Crippen molar-refractivity contribution in [3.63, 3.8) is 0 Å². The largest absolute Gasteiger partial charge is 0.255 e. The molecule has 0 spiro atoms. The van der Waals surface area contributed by atoms with Gasteiger partial charge in [-0.1, -0.05) is 24.3 Å². The summed E-state index contributed by atoms with van der Waals surface area (Å²) in [4.78, 5) is 0. The Morgan fingerprint density at radius 1 is 1.25 bits per heavy atom. The van der Waals surface area contributed by atoms with Gasteiger partial charge in [0.1, 0.15) is 0 Å². The monoisotopic (exact) mass is 132 g/mol. The molecule has 2 nitrogen and oxygen atoms in total. The third-order valence-electron chi connectivity index (χ3n) is 1.05. The summed E-state index contributed by atoms with van der Waals surface area (Å²) < 4.78 is 8.67. The van der Waals surface area contributed by atoms with E-state index in [0.29, 0.717) is 5.25 Å². The molecule has 0 saturated heterocycles. The zero-order chi connectivity index (χ0) is 5.98. The van der Waals surface area contributed by atoms with E-state index in [1.807, 2.05) is 0 Å². The molecule has 1 rings (SSSR count). The van der Waals surface area contributed by atoms with Crippen LogP contribution in [0.1, 0.15) is 13.8 Å². The molecule has 48 valence electrons. The molecule has 0 bridgehead atoms. The van der Waals surface area contributed by atoms with Gasteiger partial charge in [0.25, 0.3) is 0 Å². The Hall–Kier alpha value is -0.0500. The summed E-state index contributed by atoms with van der Waals surface area (Å²) in [6, 6.07) is 0. The fourth-order valence-corrected chi connectivity index (χ4v) is 2.00. The maximum Gasteiger partial charge on any atom is 0.0668 e. The molecule has 0 saturated carbocycles. The minimum atomic E-state index is -0.254. The first-order valence-electron chi connectivity index (χ1n) is 2.95. The lowest BCUT2D eigenvalue weighted by Gasteiger charge is -1.93. The van der Waals surface area contributed by atoms with Crippen molar-refractivity contribution in [3.8, 4) is 0 Å². The standard InChI is InChI=1S/C5H12N2S/c1-5(2)8-6-3-4-7-8/h5,8H,3-4H2,1-2H3. The Morgan fingerprint density at radius 2 is 1.75 bits per heavy atom. The molecule has 0 aromatic carbocycles. The topological polar surface area (TPSA) is 24.7 Å². The third kappa shape index (κ3) is 1.22. The number of hydrogen-bond acceptors (Lipinski definition) is 2. The fraction of sp³-hybridized carbons (Fsp3) is 1.00. The SMILES string of the molecule is CC(C)[SH]1=NCCN=1. The van der Waals surface area contributed by atoms with Crippen LogP contribution < -0.4 is 0 Å². The van der Waals surface area contributed by atoms with E-state index in [1.54, 1.807) is 0 Å². The van der Waals surface area contributed by atoms with E-state index >= 15 is 0 Å². The second-order valence-corrected chi connectivity index (χ2v) is 4.38. The van der Waals surface area contributed by atoms with Gasteiger partial charge in [-0.25, -0.2) is 0 Å². The van der Waals surface area contributed by atoms with Gasteiger partial charge < -0.3 is 0 Å². The number of thiol groups is 1. The highest BCUT2D eigenvalue weighted by Gasteiger charge is 1.95. The Bertz CT molecular complexity index is 142. The minimum absolute atomic E-state index is 0.254. The normalized spacial score (nSPS) is 20.9. The highest BCUT2D eigenvalue weighted by atomic mass is 32.2. The van der Waals surface area contributed by atoms with Gasteiger partial charge >= 0.3 is 0 Å². The maximum atomic E-state index is 4.33. The molecule has 1 aliphatic rings. The zero-order valence-corrected chi connectivity index (χ0v) is 6.23. The first-order valence-corrected chi connectivity index (χ1v) is 4.26. The molecular formula is C5H12N2S. The van der Waals surface area contributed by atoms with Crippen molar-refractivity contribution in [3.05, 3.63) is 0 Å². The van der Waals surface area contributed by atoms with Crippen molar-refractivity contribution in [2.24, 2.45) is 8.73 Å². The fourth-order valence-electron chi connectivity index (χ4n) is 0.666. The van der Waals surface area contributed by atoms with Crippen LogP contribution in [0.5, 0.6) is 0 Å². The summed E-state index contributed by atoms with van der Waals surface area (Å²) >= 11 is 0. The number of rotatable bonds is 1. The van der Waals surface area contributed by atoms with Gasteiger partial charge in [0.05, 0.1) is 13.1 Å². The third-order valence-corrected chi connectivity index (χ3v) is 2.96. The van der Waals surface area contributed by atoms with Crippen LogP contribution >= 0.6 is 0 Å². The molecular weight excluding hydrogens is 120 g/mol. The molecule has 0 atom stereocenters. The van der Waals surface area contributed by atoms with Crippen molar-refractivity contribution < 1.29 is 0 Å². The molecule has 1 aliphatic heterocycles. The second-order valence-electron chi connectivity index (χ2n) is 2.14. The van der Waals surface area contributed by atoms with Gasteiger partial charge in [0, 0.05) is 5.25 Å².